The summed E-state index contributed by atoms with van der Waals surface area (Å²) in [5.74, 6) is 0.112. The van der Waals surface area contributed by atoms with Gasteiger partial charge in [-0.15, -0.1) is 0 Å². The summed E-state index contributed by atoms with van der Waals surface area (Å²) in [6.45, 7) is 3.67. The van der Waals surface area contributed by atoms with Gasteiger partial charge in [0.05, 0.1) is 25.5 Å². The number of carbonyl (C=O) groups is 2. The topological polar surface area (TPSA) is 115 Å². The van der Waals surface area contributed by atoms with Crippen molar-refractivity contribution in [3.8, 4) is 11.1 Å². The van der Waals surface area contributed by atoms with Gasteiger partial charge < -0.3 is 40.3 Å². The van der Waals surface area contributed by atoms with E-state index in [4.69, 9.17) is 9.47 Å². The lowest BCUT2D eigenvalue weighted by molar-refractivity contribution is -0.253. The van der Waals surface area contributed by atoms with Crippen molar-refractivity contribution < 1.29 is 24.2 Å². The summed E-state index contributed by atoms with van der Waals surface area (Å²) in [6.07, 6.45) is 1.24. The Morgan fingerprint density at radius 2 is 1.39 bits per heavy atom. The molecule has 5 aromatic rings. The molecule has 3 aliphatic rings. The highest BCUT2D eigenvalue weighted by Crippen LogP contribution is 2.41. The maximum Gasteiger partial charge on any atom is 0.315 e. The zero-order valence-corrected chi connectivity index (χ0v) is 31.5. The van der Waals surface area contributed by atoms with E-state index < -0.39 is 11.8 Å². The van der Waals surface area contributed by atoms with Crippen LogP contribution in [0.5, 0.6) is 0 Å². The number of aliphatic hydroxyl groups excluding tert-OH is 1. The molecule has 288 valence electrons. The Labute approximate surface area is 328 Å². The molecule has 0 bridgehead atoms. The van der Waals surface area contributed by atoms with E-state index >= 15 is 0 Å². The fraction of sp³-hybridized carbons (Fsp3) is 0.304. The van der Waals surface area contributed by atoms with Crippen LogP contribution in [0, 0.1) is 0 Å². The van der Waals surface area contributed by atoms with Gasteiger partial charge in [-0.1, -0.05) is 109 Å². The number of anilines is 1. The first-order chi connectivity index (χ1) is 27.5. The van der Waals surface area contributed by atoms with E-state index in [9.17, 15) is 14.7 Å². The fourth-order valence-electron chi connectivity index (χ4n) is 8.21. The Kier molecular flexibility index (Phi) is 11.4. The highest BCUT2D eigenvalue weighted by Gasteiger charge is 2.50. The van der Waals surface area contributed by atoms with Gasteiger partial charge in [-0.2, -0.15) is 0 Å². The zero-order chi connectivity index (χ0) is 38.3. The quantitative estimate of drug-likeness (QED) is 0.117. The van der Waals surface area contributed by atoms with E-state index in [1.54, 1.807) is 0 Å². The highest BCUT2D eigenvalue weighted by atomic mass is 16.7. The average molecular weight is 752 g/mol. The molecule has 3 fully saturated rings. The summed E-state index contributed by atoms with van der Waals surface area (Å²) in [5.41, 5.74) is 7.43. The first-order valence-electron chi connectivity index (χ1n) is 19.5. The molecule has 3 unspecified atom stereocenters. The van der Waals surface area contributed by atoms with Crippen LogP contribution in [0.15, 0.2) is 133 Å². The second kappa shape index (κ2) is 17.1. The number of urea groups is 1. The van der Waals surface area contributed by atoms with E-state index in [-0.39, 0.29) is 30.8 Å². The number of nitrogens with one attached hydrogen (secondary N) is 3. The molecule has 0 aromatic heterocycles. The van der Waals surface area contributed by atoms with Crippen molar-refractivity contribution in [1.82, 2.24) is 20.9 Å². The first kappa shape index (κ1) is 37.4. The SMILES string of the molecule is O=C(NCc1ccccc1)NCc1cccc(-c2cccc(C3OC(CN4CCC5(CC4)C(=O)NCN5c4ccccc4)CC(c4ccc(CO)cc4)O3)c2)c1. The van der Waals surface area contributed by atoms with Gasteiger partial charge in [-0.3, -0.25) is 4.79 Å². The van der Waals surface area contributed by atoms with Crippen LogP contribution in [-0.2, 0) is 34.0 Å². The molecule has 4 N–H and O–H groups in total. The first-order valence-corrected chi connectivity index (χ1v) is 19.5. The normalized spacial score (nSPS) is 20.8. The van der Waals surface area contributed by atoms with Crippen molar-refractivity contribution in [3.63, 3.8) is 0 Å². The Morgan fingerprint density at radius 3 is 2.12 bits per heavy atom. The number of carbonyl (C=O) groups excluding carboxylic acids is 2. The molecule has 1 spiro atoms. The van der Waals surface area contributed by atoms with Crippen molar-refractivity contribution in [2.24, 2.45) is 0 Å². The number of hydrogen-bond acceptors (Lipinski definition) is 7. The van der Waals surface area contributed by atoms with E-state index in [0.717, 1.165) is 77.1 Å². The average Bonchev–Trinajstić information content (AvgIpc) is 3.57. The molecule has 5 aromatic carbocycles. The van der Waals surface area contributed by atoms with E-state index in [1.807, 2.05) is 97.1 Å². The monoisotopic (exact) mass is 751 g/mol. The van der Waals surface area contributed by atoms with Crippen LogP contribution in [-0.4, -0.2) is 59.9 Å². The van der Waals surface area contributed by atoms with Crippen molar-refractivity contribution in [1.29, 1.82) is 0 Å². The smallest absolute Gasteiger partial charge is 0.315 e. The number of hydrogen-bond donors (Lipinski definition) is 4. The third-order valence-electron chi connectivity index (χ3n) is 11.3. The maximum absolute atomic E-state index is 13.3. The summed E-state index contributed by atoms with van der Waals surface area (Å²) in [4.78, 5) is 30.5. The van der Waals surface area contributed by atoms with Gasteiger partial charge in [-0.05, 0) is 70.5 Å². The third kappa shape index (κ3) is 8.49. The molecule has 8 rings (SSSR count). The van der Waals surface area contributed by atoms with Gasteiger partial charge in [0.2, 0.25) is 5.91 Å². The van der Waals surface area contributed by atoms with E-state index in [1.165, 1.54) is 0 Å². The molecule has 10 nitrogen and oxygen atoms in total. The Hall–Kier alpha value is -5.52. The molecule has 0 saturated carbocycles. The molecule has 0 aliphatic carbocycles. The van der Waals surface area contributed by atoms with Gasteiger partial charge in [0.15, 0.2) is 6.29 Å². The predicted octanol–water partition coefficient (Wildman–Crippen LogP) is 6.82. The number of ether oxygens (including phenoxy) is 2. The number of likely N-dealkylation sites (tertiary alicyclic amines) is 1. The molecule has 3 aliphatic heterocycles. The predicted molar refractivity (Wildman–Crippen MR) is 216 cm³/mol. The van der Waals surface area contributed by atoms with Crippen LogP contribution in [0.25, 0.3) is 11.1 Å². The van der Waals surface area contributed by atoms with Gasteiger partial charge in [0.25, 0.3) is 0 Å². The second-order valence-corrected chi connectivity index (χ2v) is 15.0. The molecule has 10 heteroatoms. The molecule has 3 amide bonds. The maximum atomic E-state index is 13.3. The lowest BCUT2D eigenvalue weighted by Gasteiger charge is -2.45. The standard InChI is InChI=1S/C46H49N5O5/c52-31-34-17-19-36(20-18-34)42-27-41(30-50-23-21-46(22-24-50)44(53)49-32-51(46)40-15-5-2-6-16-40)55-43(56-42)39-14-8-13-38(26-39)37-12-7-11-35(25-37)29-48-45(54)47-28-33-9-3-1-4-10-33/h1-20,25-26,41-43,52H,21-24,27-32H2,(H,49,53)(H2,47,48,54). The van der Waals surface area contributed by atoms with Crippen LogP contribution < -0.4 is 20.9 Å². The van der Waals surface area contributed by atoms with E-state index in [0.29, 0.717) is 26.2 Å². The second-order valence-electron chi connectivity index (χ2n) is 15.0. The van der Waals surface area contributed by atoms with Crippen LogP contribution in [0.2, 0.25) is 0 Å². The van der Waals surface area contributed by atoms with Crippen molar-refractivity contribution in [2.75, 3.05) is 31.2 Å². The molecular formula is C46H49N5O5. The van der Waals surface area contributed by atoms with Gasteiger partial charge in [0.1, 0.15) is 5.54 Å². The van der Waals surface area contributed by atoms with Gasteiger partial charge in [-0.25, -0.2) is 4.79 Å². The lowest BCUT2D eigenvalue weighted by Crippen LogP contribution is -2.57. The molecule has 3 atom stereocenters. The van der Waals surface area contributed by atoms with Gasteiger partial charge in [0, 0.05) is 50.4 Å². The van der Waals surface area contributed by atoms with E-state index in [2.05, 4.69) is 62.1 Å². The van der Waals surface area contributed by atoms with Crippen LogP contribution in [0.1, 0.15) is 59.5 Å². The van der Waals surface area contributed by atoms with Crippen molar-refractivity contribution in [2.45, 2.75) is 63.0 Å². The largest absolute Gasteiger partial charge is 0.392 e. The molecule has 0 radical (unpaired) electrons. The number of piperidine rings is 1. The summed E-state index contributed by atoms with van der Waals surface area (Å²) in [7, 11) is 0. The summed E-state index contributed by atoms with van der Waals surface area (Å²) < 4.78 is 13.5. The van der Waals surface area contributed by atoms with Crippen LogP contribution in [0.3, 0.4) is 0 Å². The van der Waals surface area contributed by atoms with Gasteiger partial charge >= 0.3 is 6.03 Å². The minimum Gasteiger partial charge on any atom is -0.392 e. The minimum absolute atomic E-state index is 0.0121. The summed E-state index contributed by atoms with van der Waals surface area (Å²) in [6, 6.07) is 44.3. The Morgan fingerprint density at radius 1 is 0.732 bits per heavy atom. The van der Waals surface area contributed by atoms with Crippen molar-refractivity contribution in [3.05, 3.63) is 161 Å². The molecular weight excluding hydrogens is 703 g/mol. The number of nitrogens with zero attached hydrogens (tertiary/aromatic N) is 2. The fourth-order valence-corrected chi connectivity index (χ4v) is 8.21. The molecule has 3 heterocycles. The number of aliphatic hydroxyl groups is 1. The highest BCUT2D eigenvalue weighted by molar-refractivity contribution is 5.93. The Bertz CT molecular complexity index is 2090. The summed E-state index contributed by atoms with van der Waals surface area (Å²) >= 11 is 0. The minimum atomic E-state index is -0.598. The van der Waals surface area contributed by atoms with Crippen LogP contribution >= 0.6 is 0 Å². The number of benzene rings is 5. The third-order valence-corrected chi connectivity index (χ3v) is 11.3. The zero-order valence-electron chi connectivity index (χ0n) is 31.5. The van der Waals surface area contributed by atoms with Crippen molar-refractivity contribution >= 4 is 17.6 Å². The number of amides is 3. The number of para-hydroxylation sites is 1. The lowest BCUT2D eigenvalue weighted by atomic mass is 9.85. The summed E-state index contributed by atoms with van der Waals surface area (Å²) in [5, 5.41) is 18.7. The van der Waals surface area contributed by atoms with Crippen LogP contribution in [0.4, 0.5) is 10.5 Å². The molecule has 3 saturated heterocycles. The number of rotatable bonds is 11. The Balaban J connectivity index is 0.954. The molecule has 56 heavy (non-hydrogen) atoms.